The van der Waals surface area contributed by atoms with Crippen molar-refractivity contribution in [2.75, 3.05) is 6.54 Å². The number of fused-ring (bicyclic) bond motifs is 1. The molecule has 1 atom stereocenters. The number of carbonyl (C=O) groups excluding carboxylic acids is 1. The molecule has 0 aliphatic carbocycles. The lowest BCUT2D eigenvalue weighted by molar-refractivity contribution is 0.0735. The maximum absolute atomic E-state index is 12.9. The molecule has 116 valence electrons. The van der Waals surface area contributed by atoms with E-state index < -0.39 is 0 Å². The molecule has 0 radical (unpaired) electrons. The van der Waals surface area contributed by atoms with Crippen LogP contribution in [0.15, 0.2) is 36.8 Å². The van der Waals surface area contributed by atoms with Gasteiger partial charge in [0.1, 0.15) is 0 Å². The highest BCUT2D eigenvalue weighted by atomic mass is 16.2. The van der Waals surface area contributed by atoms with Gasteiger partial charge in [-0.2, -0.15) is 5.10 Å². The fourth-order valence-electron chi connectivity index (χ4n) is 3.25. The summed E-state index contributed by atoms with van der Waals surface area (Å²) in [4.78, 5) is 23.3. The van der Waals surface area contributed by atoms with E-state index in [1.54, 1.807) is 18.6 Å². The summed E-state index contributed by atoms with van der Waals surface area (Å²) < 4.78 is 0. The Labute approximate surface area is 133 Å². The van der Waals surface area contributed by atoms with Crippen LogP contribution >= 0.6 is 0 Å². The van der Waals surface area contributed by atoms with Crippen molar-refractivity contribution in [3.05, 3.63) is 53.6 Å². The smallest absolute Gasteiger partial charge is 0.255 e. The quantitative estimate of drug-likeness (QED) is 0.789. The maximum Gasteiger partial charge on any atom is 0.255 e. The summed E-state index contributed by atoms with van der Waals surface area (Å²) in [5, 5.41) is 7.90. The molecule has 1 aliphatic rings. The van der Waals surface area contributed by atoms with Gasteiger partial charge in [-0.3, -0.25) is 14.9 Å². The minimum Gasteiger partial charge on any atom is -0.332 e. The third kappa shape index (κ3) is 2.36. The predicted molar refractivity (Wildman–Crippen MR) is 85.9 cm³/mol. The second-order valence-electron chi connectivity index (χ2n) is 5.87. The molecule has 3 aromatic heterocycles. The first-order valence-corrected chi connectivity index (χ1v) is 7.75. The number of rotatable bonds is 2. The van der Waals surface area contributed by atoms with Gasteiger partial charge in [0.05, 0.1) is 17.3 Å². The lowest BCUT2D eigenvalue weighted by atomic mass is 10.1. The van der Waals surface area contributed by atoms with Crippen LogP contribution in [0, 0.1) is 6.92 Å². The number of hydrogen-bond acceptors (Lipinski definition) is 4. The van der Waals surface area contributed by atoms with Crippen molar-refractivity contribution < 1.29 is 4.79 Å². The molecule has 1 amide bonds. The number of nitrogens with zero attached hydrogens (tertiary/aromatic N) is 4. The molecule has 1 N–H and O–H groups in total. The van der Waals surface area contributed by atoms with Crippen LogP contribution < -0.4 is 0 Å². The molecular weight excluding hydrogens is 290 g/mol. The Balaban J connectivity index is 1.68. The standard InChI is InChI=1S/C17H17N5O/c1-11-14-9-13(10-19-16(14)21-20-11)17(23)22-8-2-3-15(22)12-4-6-18-7-5-12/h4-7,9-10,15H,2-3,8H2,1H3,(H,19,20,21)/t15-/m0/s1. The summed E-state index contributed by atoms with van der Waals surface area (Å²) in [7, 11) is 0. The van der Waals surface area contributed by atoms with Crippen LogP contribution in [0.5, 0.6) is 0 Å². The van der Waals surface area contributed by atoms with Gasteiger partial charge in [-0.15, -0.1) is 0 Å². The van der Waals surface area contributed by atoms with E-state index >= 15 is 0 Å². The highest BCUT2D eigenvalue weighted by molar-refractivity contribution is 5.97. The molecule has 1 fully saturated rings. The normalized spacial score (nSPS) is 17.8. The summed E-state index contributed by atoms with van der Waals surface area (Å²) in [5.74, 6) is 0.0271. The zero-order valence-corrected chi connectivity index (χ0v) is 12.9. The van der Waals surface area contributed by atoms with Gasteiger partial charge in [-0.05, 0) is 43.5 Å². The summed E-state index contributed by atoms with van der Waals surface area (Å²) in [6.07, 6.45) is 7.18. The molecular formula is C17H17N5O. The number of carbonyl (C=O) groups is 1. The zero-order valence-electron chi connectivity index (χ0n) is 12.9. The second kappa shape index (κ2) is 5.46. The third-order valence-electron chi connectivity index (χ3n) is 4.46. The molecule has 3 aromatic rings. The molecule has 4 rings (SSSR count). The zero-order chi connectivity index (χ0) is 15.8. The Hall–Kier alpha value is -2.76. The van der Waals surface area contributed by atoms with Gasteiger partial charge in [0.2, 0.25) is 0 Å². The minimum atomic E-state index is 0.0271. The largest absolute Gasteiger partial charge is 0.332 e. The fraction of sp³-hybridized carbons (Fsp3) is 0.294. The summed E-state index contributed by atoms with van der Waals surface area (Å²) in [6.45, 7) is 2.68. The van der Waals surface area contributed by atoms with Crippen LogP contribution in [0.2, 0.25) is 0 Å². The molecule has 1 saturated heterocycles. The van der Waals surface area contributed by atoms with Gasteiger partial charge >= 0.3 is 0 Å². The maximum atomic E-state index is 12.9. The van der Waals surface area contributed by atoms with Crippen molar-refractivity contribution in [2.45, 2.75) is 25.8 Å². The Morgan fingerprint density at radius 2 is 2.17 bits per heavy atom. The van der Waals surface area contributed by atoms with E-state index in [2.05, 4.69) is 20.2 Å². The van der Waals surface area contributed by atoms with Gasteiger partial charge in [0, 0.05) is 30.5 Å². The Bertz CT molecular complexity index is 858. The number of H-pyrrole nitrogens is 1. The number of aromatic nitrogens is 4. The van der Waals surface area contributed by atoms with E-state index in [0.717, 1.165) is 36.0 Å². The van der Waals surface area contributed by atoms with Gasteiger partial charge in [-0.25, -0.2) is 4.98 Å². The summed E-state index contributed by atoms with van der Waals surface area (Å²) in [5.41, 5.74) is 3.32. The summed E-state index contributed by atoms with van der Waals surface area (Å²) in [6, 6.07) is 5.97. The Kier molecular flexibility index (Phi) is 3.29. The number of aryl methyl sites for hydroxylation is 1. The summed E-state index contributed by atoms with van der Waals surface area (Å²) >= 11 is 0. The van der Waals surface area contributed by atoms with Crippen molar-refractivity contribution in [3.63, 3.8) is 0 Å². The van der Waals surface area contributed by atoms with Crippen LogP contribution in [0.1, 0.15) is 40.5 Å². The van der Waals surface area contributed by atoms with Gasteiger partial charge in [0.15, 0.2) is 5.65 Å². The van der Waals surface area contributed by atoms with Crippen molar-refractivity contribution in [1.82, 2.24) is 25.1 Å². The van der Waals surface area contributed by atoms with Crippen molar-refractivity contribution in [2.24, 2.45) is 0 Å². The molecule has 0 bridgehead atoms. The average molecular weight is 307 g/mol. The number of amides is 1. The topological polar surface area (TPSA) is 74.8 Å². The number of hydrogen-bond donors (Lipinski definition) is 1. The van der Waals surface area contributed by atoms with E-state index in [1.807, 2.05) is 30.0 Å². The fourth-order valence-corrected chi connectivity index (χ4v) is 3.25. The first-order valence-electron chi connectivity index (χ1n) is 7.75. The van der Waals surface area contributed by atoms with E-state index in [9.17, 15) is 4.79 Å². The van der Waals surface area contributed by atoms with Crippen molar-refractivity contribution in [1.29, 1.82) is 0 Å². The minimum absolute atomic E-state index is 0.0271. The van der Waals surface area contributed by atoms with Crippen LogP contribution in [-0.2, 0) is 0 Å². The lowest BCUT2D eigenvalue weighted by Crippen LogP contribution is -2.30. The third-order valence-corrected chi connectivity index (χ3v) is 4.46. The molecule has 1 aliphatic heterocycles. The van der Waals surface area contributed by atoms with E-state index in [0.29, 0.717) is 11.2 Å². The van der Waals surface area contributed by atoms with Gasteiger partial charge in [0.25, 0.3) is 5.91 Å². The van der Waals surface area contributed by atoms with Crippen LogP contribution in [0.3, 0.4) is 0 Å². The van der Waals surface area contributed by atoms with Gasteiger partial charge < -0.3 is 4.90 Å². The first-order chi connectivity index (χ1) is 11.2. The molecule has 4 heterocycles. The first kappa shape index (κ1) is 13.9. The number of aromatic amines is 1. The number of likely N-dealkylation sites (tertiary alicyclic amines) is 1. The van der Waals surface area contributed by atoms with Crippen LogP contribution in [0.25, 0.3) is 11.0 Å². The van der Waals surface area contributed by atoms with Crippen molar-refractivity contribution >= 4 is 16.9 Å². The predicted octanol–water partition coefficient (Wildman–Crippen LogP) is 2.64. The Morgan fingerprint density at radius 1 is 1.35 bits per heavy atom. The molecule has 0 aromatic carbocycles. The molecule has 0 unspecified atom stereocenters. The van der Waals surface area contributed by atoms with Crippen LogP contribution in [0.4, 0.5) is 0 Å². The molecule has 0 saturated carbocycles. The van der Waals surface area contributed by atoms with Crippen LogP contribution in [-0.4, -0.2) is 37.5 Å². The average Bonchev–Trinajstić information content (AvgIpc) is 3.22. The second-order valence-corrected chi connectivity index (χ2v) is 5.87. The molecule has 6 heteroatoms. The SMILES string of the molecule is Cc1n[nH]c2ncc(C(=O)N3CCC[C@H]3c3ccncc3)cc12. The highest BCUT2D eigenvalue weighted by Crippen LogP contribution is 2.33. The lowest BCUT2D eigenvalue weighted by Gasteiger charge is -2.25. The van der Waals surface area contributed by atoms with Gasteiger partial charge in [-0.1, -0.05) is 0 Å². The van der Waals surface area contributed by atoms with E-state index in [4.69, 9.17) is 0 Å². The highest BCUT2D eigenvalue weighted by Gasteiger charge is 2.30. The number of pyridine rings is 2. The molecule has 6 nitrogen and oxygen atoms in total. The van der Waals surface area contributed by atoms with Crippen molar-refractivity contribution in [3.8, 4) is 0 Å². The molecule has 0 spiro atoms. The molecule has 23 heavy (non-hydrogen) atoms. The number of nitrogens with one attached hydrogen (secondary N) is 1. The Morgan fingerprint density at radius 3 is 3.00 bits per heavy atom. The van der Waals surface area contributed by atoms with E-state index in [-0.39, 0.29) is 11.9 Å². The van der Waals surface area contributed by atoms with E-state index in [1.165, 1.54) is 0 Å². The monoisotopic (exact) mass is 307 g/mol.